The lowest BCUT2D eigenvalue weighted by Gasteiger charge is -2.18. The number of nitrogen functional groups attached to an aromatic ring is 1. The second-order valence-corrected chi connectivity index (χ2v) is 4.15. The van der Waals surface area contributed by atoms with Crippen molar-refractivity contribution in [2.75, 3.05) is 5.73 Å². The molecular weight excluding hydrogens is 214 g/mol. The summed E-state index contributed by atoms with van der Waals surface area (Å²) in [5.74, 6) is 0.888. The summed E-state index contributed by atoms with van der Waals surface area (Å²) >= 11 is 0. The molecule has 5 nitrogen and oxygen atoms in total. The summed E-state index contributed by atoms with van der Waals surface area (Å²) in [6.45, 7) is 0.683. The largest absolute Gasteiger partial charge is 0.366 e. The van der Waals surface area contributed by atoms with E-state index < -0.39 is 5.41 Å². The SMILES string of the molecule is N#C[C@@]1(c2ccccc2)CCn2nc(N)nc21. The third-order valence-corrected chi connectivity index (χ3v) is 3.23. The van der Waals surface area contributed by atoms with Gasteiger partial charge in [0.05, 0.1) is 6.07 Å². The minimum atomic E-state index is -0.702. The van der Waals surface area contributed by atoms with Gasteiger partial charge in [0.1, 0.15) is 5.41 Å². The zero-order valence-corrected chi connectivity index (χ0v) is 9.17. The van der Waals surface area contributed by atoms with Gasteiger partial charge in [-0.3, -0.25) is 0 Å². The summed E-state index contributed by atoms with van der Waals surface area (Å²) in [7, 11) is 0. The van der Waals surface area contributed by atoms with Crippen molar-refractivity contribution < 1.29 is 0 Å². The number of aromatic nitrogens is 3. The Balaban J connectivity index is 2.21. The molecule has 84 valence electrons. The van der Waals surface area contributed by atoms with Crippen LogP contribution in [0.25, 0.3) is 0 Å². The van der Waals surface area contributed by atoms with Crippen LogP contribution in [0, 0.1) is 11.3 Å². The third kappa shape index (κ3) is 1.24. The highest BCUT2D eigenvalue weighted by Gasteiger charge is 2.44. The molecule has 0 radical (unpaired) electrons. The van der Waals surface area contributed by atoms with Gasteiger partial charge in [0.25, 0.3) is 0 Å². The maximum Gasteiger partial charge on any atom is 0.239 e. The number of hydrogen-bond donors (Lipinski definition) is 1. The molecule has 17 heavy (non-hydrogen) atoms. The second-order valence-electron chi connectivity index (χ2n) is 4.15. The molecule has 1 aromatic carbocycles. The molecular formula is C12H11N5. The summed E-state index contributed by atoms with van der Waals surface area (Å²) in [4.78, 5) is 4.20. The number of rotatable bonds is 1. The van der Waals surface area contributed by atoms with Crippen molar-refractivity contribution in [1.29, 1.82) is 5.26 Å². The maximum atomic E-state index is 9.55. The minimum Gasteiger partial charge on any atom is -0.366 e. The third-order valence-electron chi connectivity index (χ3n) is 3.23. The van der Waals surface area contributed by atoms with Crippen molar-refractivity contribution in [2.45, 2.75) is 18.4 Å². The number of hydrogen-bond acceptors (Lipinski definition) is 4. The van der Waals surface area contributed by atoms with Gasteiger partial charge in [-0.25, -0.2) is 4.68 Å². The Morgan fingerprint density at radius 1 is 1.35 bits per heavy atom. The fourth-order valence-corrected chi connectivity index (χ4v) is 2.38. The normalized spacial score (nSPS) is 22.1. The zero-order chi connectivity index (χ0) is 11.9. The molecule has 0 unspecified atom stereocenters. The molecule has 2 heterocycles. The molecule has 0 saturated carbocycles. The van der Waals surface area contributed by atoms with Gasteiger partial charge in [0.15, 0.2) is 5.82 Å². The van der Waals surface area contributed by atoms with E-state index in [1.165, 1.54) is 0 Å². The first-order chi connectivity index (χ1) is 8.26. The van der Waals surface area contributed by atoms with Crippen molar-refractivity contribution in [3.63, 3.8) is 0 Å². The number of anilines is 1. The Morgan fingerprint density at radius 3 is 2.82 bits per heavy atom. The molecule has 0 amide bonds. The molecule has 2 N–H and O–H groups in total. The molecule has 5 heteroatoms. The van der Waals surface area contributed by atoms with Gasteiger partial charge in [-0.1, -0.05) is 30.3 Å². The second kappa shape index (κ2) is 3.32. The van der Waals surface area contributed by atoms with Crippen LogP contribution in [0.15, 0.2) is 30.3 Å². The van der Waals surface area contributed by atoms with Crippen LogP contribution in [-0.2, 0) is 12.0 Å². The van der Waals surface area contributed by atoms with Gasteiger partial charge in [0.2, 0.25) is 5.95 Å². The van der Waals surface area contributed by atoms with Gasteiger partial charge in [-0.05, 0) is 12.0 Å². The fraction of sp³-hybridized carbons (Fsp3) is 0.250. The molecule has 1 aliphatic heterocycles. The highest BCUT2D eigenvalue weighted by atomic mass is 15.4. The molecule has 0 spiro atoms. The monoisotopic (exact) mass is 225 g/mol. The predicted octanol–water partition coefficient (Wildman–Crippen LogP) is 1.07. The standard InChI is InChI=1S/C12H11N5/c13-8-12(9-4-2-1-3-5-9)6-7-17-10(12)15-11(14)16-17/h1-5H,6-7H2,(H2,14,16)/t12-/m1/s1. The number of fused-ring (bicyclic) bond motifs is 1. The van der Waals surface area contributed by atoms with Crippen molar-refractivity contribution >= 4 is 5.95 Å². The molecule has 0 saturated heterocycles. The van der Waals surface area contributed by atoms with Crippen LogP contribution in [0.4, 0.5) is 5.95 Å². The summed E-state index contributed by atoms with van der Waals surface area (Å²) in [5.41, 5.74) is 5.84. The number of nitrogens with two attached hydrogens (primary N) is 1. The first-order valence-corrected chi connectivity index (χ1v) is 5.44. The van der Waals surface area contributed by atoms with Crippen molar-refractivity contribution in [3.8, 4) is 6.07 Å². The molecule has 1 atom stereocenters. The van der Waals surface area contributed by atoms with E-state index in [9.17, 15) is 5.26 Å². The number of aryl methyl sites for hydroxylation is 1. The lowest BCUT2D eigenvalue weighted by Crippen LogP contribution is -2.23. The molecule has 0 fully saturated rings. The molecule has 3 rings (SSSR count). The number of nitrogens with zero attached hydrogens (tertiary/aromatic N) is 4. The molecule has 1 aliphatic rings. The number of nitriles is 1. The van der Waals surface area contributed by atoms with Crippen LogP contribution in [0.5, 0.6) is 0 Å². The smallest absolute Gasteiger partial charge is 0.239 e. The quantitative estimate of drug-likeness (QED) is 0.787. The Bertz CT molecular complexity index is 595. The minimum absolute atomic E-state index is 0.232. The summed E-state index contributed by atoms with van der Waals surface area (Å²) < 4.78 is 1.73. The van der Waals surface area contributed by atoms with Crippen LogP contribution < -0.4 is 5.73 Å². The zero-order valence-electron chi connectivity index (χ0n) is 9.17. The summed E-state index contributed by atoms with van der Waals surface area (Å²) in [6, 6.07) is 12.1. The average Bonchev–Trinajstić information content (AvgIpc) is 2.88. The van der Waals surface area contributed by atoms with Crippen LogP contribution >= 0.6 is 0 Å². The van der Waals surface area contributed by atoms with Gasteiger partial charge >= 0.3 is 0 Å². The van der Waals surface area contributed by atoms with E-state index in [4.69, 9.17) is 5.73 Å². The van der Waals surface area contributed by atoms with E-state index in [1.807, 2.05) is 30.3 Å². The lowest BCUT2D eigenvalue weighted by molar-refractivity contribution is 0.610. The lowest BCUT2D eigenvalue weighted by atomic mass is 9.80. The van der Waals surface area contributed by atoms with Gasteiger partial charge < -0.3 is 5.73 Å². The predicted molar refractivity (Wildman–Crippen MR) is 61.9 cm³/mol. The van der Waals surface area contributed by atoms with Crippen LogP contribution in [0.3, 0.4) is 0 Å². The first-order valence-electron chi connectivity index (χ1n) is 5.44. The van der Waals surface area contributed by atoms with Gasteiger partial charge in [-0.15, -0.1) is 5.10 Å². The Hall–Kier alpha value is -2.35. The van der Waals surface area contributed by atoms with Crippen molar-refractivity contribution in [1.82, 2.24) is 14.8 Å². The Kier molecular flexibility index (Phi) is 1.92. The van der Waals surface area contributed by atoms with E-state index in [-0.39, 0.29) is 5.95 Å². The Morgan fingerprint density at radius 2 is 2.12 bits per heavy atom. The van der Waals surface area contributed by atoms with Crippen LogP contribution in [0.2, 0.25) is 0 Å². The van der Waals surface area contributed by atoms with Crippen LogP contribution in [0.1, 0.15) is 17.8 Å². The van der Waals surface area contributed by atoms with Gasteiger partial charge in [-0.2, -0.15) is 10.2 Å². The van der Waals surface area contributed by atoms with E-state index >= 15 is 0 Å². The van der Waals surface area contributed by atoms with E-state index in [0.717, 1.165) is 5.56 Å². The van der Waals surface area contributed by atoms with E-state index in [2.05, 4.69) is 16.2 Å². The molecule has 0 aliphatic carbocycles. The highest BCUT2D eigenvalue weighted by molar-refractivity contribution is 5.43. The van der Waals surface area contributed by atoms with Gasteiger partial charge in [0, 0.05) is 6.54 Å². The topological polar surface area (TPSA) is 80.5 Å². The van der Waals surface area contributed by atoms with Crippen molar-refractivity contribution in [2.24, 2.45) is 0 Å². The van der Waals surface area contributed by atoms with Crippen molar-refractivity contribution in [3.05, 3.63) is 41.7 Å². The summed E-state index contributed by atoms with van der Waals surface area (Å²) in [5, 5.41) is 13.6. The fourth-order valence-electron chi connectivity index (χ4n) is 2.38. The summed E-state index contributed by atoms with van der Waals surface area (Å²) in [6.07, 6.45) is 0.698. The Labute approximate surface area is 98.5 Å². The van der Waals surface area contributed by atoms with Crippen LogP contribution in [-0.4, -0.2) is 14.8 Å². The first kappa shape index (κ1) is 9.85. The molecule has 1 aromatic heterocycles. The maximum absolute atomic E-state index is 9.55. The average molecular weight is 225 g/mol. The highest BCUT2D eigenvalue weighted by Crippen LogP contribution is 2.39. The molecule has 0 bridgehead atoms. The molecule has 2 aromatic rings. The number of benzene rings is 1. The van der Waals surface area contributed by atoms with E-state index in [0.29, 0.717) is 18.8 Å². The van der Waals surface area contributed by atoms with E-state index in [1.54, 1.807) is 4.68 Å².